The molecule has 0 atom stereocenters. The second-order valence-electron chi connectivity index (χ2n) is 5.51. The molecule has 1 aliphatic carbocycles. The third-order valence-electron chi connectivity index (χ3n) is 2.74. The molecule has 1 rings (SSSR count). The minimum Gasteiger partial charge on any atom is -0.854 e. The first-order valence-corrected chi connectivity index (χ1v) is 8.09. The molecule has 15 heavy (non-hydrogen) atoms. The Morgan fingerprint density at radius 3 is 1.67 bits per heavy atom. The maximum absolute atomic E-state index is 9.91. The molecule has 0 aliphatic heterocycles. The minimum atomic E-state index is 0.167. The molecule has 1 aliphatic rings. The molecular formula is C13H27AlO. The second-order valence-corrected chi connectivity index (χ2v) is 7.03. The van der Waals surface area contributed by atoms with E-state index in [0.29, 0.717) is 5.92 Å². The summed E-state index contributed by atoms with van der Waals surface area (Å²) in [4.78, 5) is 0. The zero-order valence-corrected chi connectivity index (χ0v) is 12.1. The number of hydrogen-bond acceptors (Lipinski definition) is 1. The molecule has 0 aromatic heterocycles. The second kappa shape index (κ2) is 9.70. The quantitative estimate of drug-likeness (QED) is 0.661. The summed E-state index contributed by atoms with van der Waals surface area (Å²) in [5.74, 6) is 2.42. The third kappa shape index (κ3) is 10.8. The maximum Gasteiger partial charge on any atom is -0.0517 e. The Balaban J connectivity index is 0.000000280. The summed E-state index contributed by atoms with van der Waals surface area (Å²) in [5, 5.41) is 12.9. The van der Waals surface area contributed by atoms with Crippen molar-refractivity contribution in [3.63, 3.8) is 0 Å². The first-order valence-electron chi connectivity index (χ1n) is 6.46. The van der Waals surface area contributed by atoms with Crippen LogP contribution in [0, 0.1) is 17.8 Å². The summed E-state index contributed by atoms with van der Waals surface area (Å²) < 4.78 is 0. The van der Waals surface area contributed by atoms with Crippen molar-refractivity contribution < 1.29 is 5.11 Å². The van der Waals surface area contributed by atoms with Gasteiger partial charge < -0.3 is 5.11 Å². The Morgan fingerprint density at radius 2 is 1.53 bits per heavy atom. The Bertz CT molecular complexity index is 120. The average Bonchev–Trinajstić information content (AvgIpc) is 2.01. The zero-order chi connectivity index (χ0) is 11.7. The van der Waals surface area contributed by atoms with E-state index in [0.717, 1.165) is 27.1 Å². The van der Waals surface area contributed by atoms with Crippen LogP contribution in [0.5, 0.6) is 0 Å². The van der Waals surface area contributed by atoms with E-state index >= 15 is 0 Å². The number of hydrogen-bond donors (Lipinski definition) is 0. The fraction of sp³-hybridized carbons (Fsp3) is 1.00. The van der Waals surface area contributed by atoms with E-state index in [1.165, 1.54) is 29.8 Å². The summed E-state index contributed by atoms with van der Waals surface area (Å²) in [5.41, 5.74) is 0. The average molecular weight is 226 g/mol. The predicted molar refractivity (Wildman–Crippen MR) is 67.3 cm³/mol. The molecule has 0 radical (unpaired) electrons. The SMILES string of the molecule is CC(C)[CH2][Al+][CH2]C(C)C.[O-]CC1CCC1. The molecule has 0 aromatic rings. The van der Waals surface area contributed by atoms with E-state index < -0.39 is 0 Å². The van der Waals surface area contributed by atoms with Gasteiger partial charge in [0.1, 0.15) is 0 Å². The van der Waals surface area contributed by atoms with Crippen LogP contribution in [0.3, 0.4) is 0 Å². The molecule has 0 aromatic carbocycles. The third-order valence-corrected chi connectivity index (χ3v) is 5.29. The summed E-state index contributed by atoms with van der Waals surface area (Å²) in [6.07, 6.45) is 3.69. The van der Waals surface area contributed by atoms with Gasteiger partial charge in [-0.05, 0) is 0 Å². The Labute approximate surface area is 102 Å². The smallest absolute Gasteiger partial charge is 0.0517 e. The molecule has 0 bridgehead atoms. The van der Waals surface area contributed by atoms with Gasteiger partial charge in [-0.2, -0.15) is 0 Å². The van der Waals surface area contributed by atoms with Crippen LogP contribution in [-0.4, -0.2) is 21.8 Å². The Morgan fingerprint density at radius 1 is 1.07 bits per heavy atom. The molecule has 0 heterocycles. The monoisotopic (exact) mass is 226 g/mol. The van der Waals surface area contributed by atoms with Gasteiger partial charge in [0.2, 0.25) is 0 Å². The van der Waals surface area contributed by atoms with Gasteiger partial charge in [0.25, 0.3) is 0 Å². The van der Waals surface area contributed by atoms with Crippen molar-refractivity contribution in [1.29, 1.82) is 0 Å². The van der Waals surface area contributed by atoms with Crippen LogP contribution in [0.15, 0.2) is 0 Å². The minimum absolute atomic E-state index is 0.167. The van der Waals surface area contributed by atoms with Crippen LogP contribution in [0.25, 0.3) is 0 Å². The van der Waals surface area contributed by atoms with Gasteiger partial charge in [0.05, 0.1) is 0 Å². The molecule has 0 saturated heterocycles. The fourth-order valence-electron chi connectivity index (χ4n) is 1.42. The van der Waals surface area contributed by atoms with Gasteiger partial charge in [0, 0.05) is 0 Å². The van der Waals surface area contributed by atoms with Crippen LogP contribution in [0.4, 0.5) is 0 Å². The van der Waals surface area contributed by atoms with E-state index in [1.807, 2.05) is 0 Å². The molecule has 0 spiro atoms. The van der Waals surface area contributed by atoms with Gasteiger partial charge in [-0.3, -0.25) is 0 Å². The molecule has 0 amide bonds. The van der Waals surface area contributed by atoms with Crippen LogP contribution < -0.4 is 5.11 Å². The first kappa shape index (κ1) is 15.5. The van der Waals surface area contributed by atoms with Crippen LogP contribution >= 0.6 is 0 Å². The van der Waals surface area contributed by atoms with Gasteiger partial charge in [-0.15, -0.1) is 6.61 Å². The van der Waals surface area contributed by atoms with Crippen molar-refractivity contribution in [1.82, 2.24) is 0 Å². The van der Waals surface area contributed by atoms with E-state index in [4.69, 9.17) is 0 Å². The maximum atomic E-state index is 9.91. The molecule has 1 saturated carbocycles. The van der Waals surface area contributed by atoms with Crippen molar-refractivity contribution in [3.05, 3.63) is 0 Å². The predicted octanol–water partition coefficient (Wildman–Crippen LogP) is 2.99. The standard InChI is InChI=1S/C5H9O.2C4H9.Al/c6-4-5-2-1-3-5;2*1-4(2)3;/h5H,1-4H2;2*4H,1H2,2-3H3;/q-1;;;+1. The molecule has 1 fully saturated rings. The van der Waals surface area contributed by atoms with Crippen LogP contribution in [0.2, 0.25) is 10.6 Å². The molecular weight excluding hydrogens is 199 g/mol. The summed E-state index contributed by atoms with van der Waals surface area (Å²) in [6, 6.07) is 0. The van der Waals surface area contributed by atoms with Gasteiger partial charge in [0.15, 0.2) is 0 Å². The van der Waals surface area contributed by atoms with Crippen molar-refractivity contribution in [2.75, 3.05) is 6.61 Å². The van der Waals surface area contributed by atoms with Gasteiger partial charge in [-0.25, -0.2) is 0 Å². The largest absolute Gasteiger partial charge is 0.854 e. The van der Waals surface area contributed by atoms with Crippen molar-refractivity contribution in [2.24, 2.45) is 17.8 Å². The summed E-state index contributed by atoms with van der Waals surface area (Å²) >= 11 is 0.755. The van der Waals surface area contributed by atoms with E-state index in [9.17, 15) is 5.11 Å². The fourth-order valence-corrected chi connectivity index (χ4v) is 2.95. The van der Waals surface area contributed by atoms with Crippen LogP contribution in [0.1, 0.15) is 47.0 Å². The van der Waals surface area contributed by atoms with Gasteiger partial charge >= 0.3 is 65.3 Å². The summed E-state index contributed by atoms with van der Waals surface area (Å²) in [6.45, 7) is 9.42. The summed E-state index contributed by atoms with van der Waals surface area (Å²) in [7, 11) is 0. The molecule has 0 N–H and O–H groups in total. The molecule has 2 heteroatoms. The van der Waals surface area contributed by atoms with E-state index in [1.54, 1.807) is 0 Å². The Hall–Kier alpha value is 0.492. The van der Waals surface area contributed by atoms with Crippen LogP contribution in [-0.2, 0) is 0 Å². The van der Waals surface area contributed by atoms with E-state index in [2.05, 4.69) is 27.7 Å². The Kier molecular flexibility index (Phi) is 10.0. The molecule has 0 unspecified atom stereocenters. The topological polar surface area (TPSA) is 23.1 Å². The zero-order valence-electron chi connectivity index (χ0n) is 11.0. The first-order chi connectivity index (χ1) is 7.06. The number of rotatable bonds is 5. The van der Waals surface area contributed by atoms with Crippen molar-refractivity contribution in [3.8, 4) is 0 Å². The normalized spacial score (nSPS) is 15.7. The van der Waals surface area contributed by atoms with E-state index in [-0.39, 0.29) is 6.61 Å². The van der Waals surface area contributed by atoms with Crippen molar-refractivity contribution in [2.45, 2.75) is 57.5 Å². The molecule has 1 nitrogen and oxygen atoms in total. The van der Waals surface area contributed by atoms with Crippen molar-refractivity contribution >= 4 is 15.2 Å². The molecule has 88 valence electrons. The van der Waals surface area contributed by atoms with Gasteiger partial charge in [-0.1, -0.05) is 25.2 Å².